The van der Waals surface area contributed by atoms with E-state index in [0.29, 0.717) is 23.6 Å². The number of rotatable bonds is 3. The number of amides is 1. The van der Waals surface area contributed by atoms with Crippen molar-refractivity contribution in [1.82, 2.24) is 5.32 Å². The molecule has 18 heavy (non-hydrogen) atoms. The normalized spacial score (nSPS) is 27.7. The van der Waals surface area contributed by atoms with Crippen molar-refractivity contribution in [2.75, 3.05) is 0 Å². The maximum absolute atomic E-state index is 12.0. The first-order chi connectivity index (χ1) is 8.53. The van der Waals surface area contributed by atoms with Crippen LogP contribution in [0, 0.1) is 5.92 Å². The summed E-state index contributed by atoms with van der Waals surface area (Å²) in [5, 5.41) is 13.9. The van der Waals surface area contributed by atoms with Crippen LogP contribution in [-0.2, 0) is 4.79 Å². The molecular formula is C13H17NO3S. The highest BCUT2D eigenvalue weighted by atomic mass is 32.1. The van der Waals surface area contributed by atoms with Gasteiger partial charge in [0.2, 0.25) is 0 Å². The molecule has 0 bridgehead atoms. The summed E-state index contributed by atoms with van der Waals surface area (Å²) in [5.74, 6) is -0.655. The number of hydrogen-bond donors (Lipinski definition) is 2. The molecule has 98 valence electrons. The van der Waals surface area contributed by atoms with Crippen molar-refractivity contribution in [3.8, 4) is 0 Å². The summed E-state index contributed by atoms with van der Waals surface area (Å²) in [7, 11) is 0. The van der Waals surface area contributed by atoms with Crippen molar-refractivity contribution in [1.29, 1.82) is 0 Å². The van der Waals surface area contributed by atoms with E-state index in [1.165, 1.54) is 11.3 Å². The van der Waals surface area contributed by atoms with Gasteiger partial charge in [-0.25, -0.2) is 4.79 Å². The fourth-order valence-corrected chi connectivity index (χ4v) is 2.95. The first kappa shape index (κ1) is 13.1. The zero-order chi connectivity index (χ0) is 13.2. The molecule has 1 aromatic heterocycles. The highest BCUT2D eigenvalue weighted by Crippen LogP contribution is 2.32. The Morgan fingerprint density at radius 3 is 2.61 bits per heavy atom. The van der Waals surface area contributed by atoms with Gasteiger partial charge in [-0.3, -0.25) is 4.79 Å². The molecule has 1 aliphatic carbocycles. The average molecular weight is 267 g/mol. The lowest BCUT2D eigenvalue weighted by Gasteiger charge is -2.36. The van der Waals surface area contributed by atoms with Crippen molar-refractivity contribution in [3.05, 3.63) is 22.4 Å². The molecule has 1 amide bonds. The highest BCUT2D eigenvalue weighted by Gasteiger charge is 2.42. The second-order valence-electron chi connectivity index (χ2n) is 5.00. The molecule has 0 radical (unpaired) electrons. The molecule has 0 aromatic carbocycles. The van der Waals surface area contributed by atoms with E-state index in [9.17, 15) is 14.7 Å². The summed E-state index contributed by atoms with van der Waals surface area (Å²) in [6.45, 7) is 2.12. The van der Waals surface area contributed by atoms with E-state index in [2.05, 4.69) is 12.2 Å². The Morgan fingerprint density at radius 2 is 2.11 bits per heavy atom. The predicted molar refractivity (Wildman–Crippen MR) is 69.8 cm³/mol. The summed E-state index contributed by atoms with van der Waals surface area (Å²) in [5.41, 5.74) is -1.08. The smallest absolute Gasteiger partial charge is 0.329 e. The van der Waals surface area contributed by atoms with Gasteiger partial charge in [0.1, 0.15) is 5.54 Å². The molecule has 2 rings (SSSR count). The van der Waals surface area contributed by atoms with Crippen LogP contribution in [0.1, 0.15) is 42.3 Å². The molecule has 1 fully saturated rings. The Kier molecular flexibility index (Phi) is 3.71. The first-order valence-corrected chi connectivity index (χ1v) is 7.01. The van der Waals surface area contributed by atoms with Crippen LogP contribution in [0.3, 0.4) is 0 Å². The number of carboxylic acid groups (broad SMARTS) is 1. The van der Waals surface area contributed by atoms with Gasteiger partial charge in [-0.05, 0) is 43.0 Å². The number of carbonyl (C=O) groups is 2. The van der Waals surface area contributed by atoms with Crippen molar-refractivity contribution >= 4 is 23.2 Å². The van der Waals surface area contributed by atoms with Crippen LogP contribution >= 0.6 is 11.3 Å². The van der Waals surface area contributed by atoms with Gasteiger partial charge in [0.25, 0.3) is 5.91 Å². The summed E-state index contributed by atoms with van der Waals surface area (Å²) < 4.78 is 0. The zero-order valence-electron chi connectivity index (χ0n) is 10.3. The standard InChI is InChI=1S/C13H17NO3S/c1-9-4-6-13(7-5-9,12(16)17)14-11(15)10-3-2-8-18-10/h2-3,8-9H,4-7H2,1H3,(H,14,15)(H,16,17). The molecule has 4 nitrogen and oxygen atoms in total. The maximum Gasteiger partial charge on any atom is 0.329 e. The second kappa shape index (κ2) is 5.10. The van der Waals surface area contributed by atoms with Gasteiger partial charge < -0.3 is 10.4 Å². The third-order valence-electron chi connectivity index (χ3n) is 3.63. The number of nitrogens with one attached hydrogen (secondary N) is 1. The molecule has 0 saturated heterocycles. The predicted octanol–water partition coefficient (Wildman–Crippen LogP) is 2.51. The van der Waals surface area contributed by atoms with Gasteiger partial charge in [-0.2, -0.15) is 0 Å². The van der Waals surface area contributed by atoms with Crippen LogP contribution in [0.5, 0.6) is 0 Å². The minimum Gasteiger partial charge on any atom is -0.480 e. The van der Waals surface area contributed by atoms with E-state index in [1.54, 1.807) is 12.1 Å². The highest BCUT2D eigenvalue weighted by molar-refractivity contribution is 7.12. The number of thiophene rings is 1. The van der Waals surface area contributed by atoms with Crippen LogP contribution in [0.15, 0.2) is 17.5 Å². The van der Waals surface area contributed by atoms with Gasteiger partial charge >= 0.3 is 5.97 Å². The number of carboxylic acids is 1. The Morgan fingerprint density at radius 1 is 1.44 bits per heavy atom. The van der Waals surface area contributed by atoms with Crippen LogP contribution in [-0.4, -0.2) is 22.5 Å². The third-order valence-corrected chi connectivity index (χ3v) is 4.50. The van der Waals surface area contributed by atoms with E-state index in [-0.39, 0.29) is 5.91 Å². The van der Waals surface area contributed by atoms with Crippen molar-refractivity contribution in [2.24, 2.45) is 5.92 Å². The average Bonchev–Trinajstić information content (AvgIpc) is 2.85. The fourth-order valence-electron chi connectivity index (χ4n) is 2.33. The van der Waals surface area contributed by atoms with Gasteiger partial charge in [0, 0.05) is 0 Å². The summed E-state index contributed by atoms with van der Waals surface area (Å²) in [6.07, 6.45) is 2.72. The molecule has 0 atom stereocenters. The Hall–Kier alpha value is -1.36. The topological polar surface area (TPSA) is 66.4 Å². The quantitative estimate of drug-likeness (QED) is 0.884. The molecule has 1 saturated carbocycles. The monoisotopic (exact) mass is 267 g/mol. The van der Waals surface area contributed by atoms with E-state index >= 15 is 0 Å². The van der Waals surface area contributed by atoms with Gasteiger partial charge in [-0.1, -0.05) is 13.0 Å². The lowest BCUT2D eigenvalue weighted by Crippen LogP contribution is -2.56. The van der Waals surface area contributed by atoms with E-state index in [0.717, 1.165) is 12.8 Å². The van der Waals surface area contributed by atoms with Crippen molar-refractivity contribution < 1.29 is 14.7 Å². The molecule has 1 aliphatic rings. The van der Waals surface area contributed by atoms with Gasteiger partial charge in [0.15, 0.2) is 0 Å². The zero-order valence-corrected chi connectivity index (χ0v) is 11.1. The molecule has 1 heterocycles. The van der Waals surface area contributed by atoms with Gasteiger partial charge in [0.05, 0.1) is 4.88 Å². The lowest BCUT2D eigenvalue weighted by atomic mass is 9.77. The summed E-state index contributed by atoms with van der Waals surface area (Å²) in [4.78, 5) is 24.0. The Labute approximate surface area is 110 Å². The Bertz CT molecular complexity index is 433. The van der Waals surface area contributed by atoms with Crippen LogP contribution in [0.25, 0.3) is 0 Å². The van der Waals surface area contributed by atoms with Crippen molar-refractivity contribution in [2.45, 2.75) is 38.1 Å². The fraction of sp³-hybridized carbons (Fsp3) is 0.538. The number of hydrogen-bond acceptors (Lipinski definition) is 3. The van der Waals surface area contributed by atoms with Crippen LogP contribution in [0.4, 0.5) is 0 Å². The minimum absolute atomic E-state index is 0.276. The second-order valence-corrected chi connectivity index (χ2v) is 5.95. The summed E-state index contributed by atoms with van der Waals surface area (Å²) in [6, 6.07) is 3.50. The van der Waals surface area contributed by atoms with E-state index in [4.69, 9.17) is 0 Å². The molecule has 2 N–H and O–H groups in total. The van der Waals surface area contributed by atoms with Gasteiger partial charge in [-0.15, -0.1) is 11.3 Å². The maximum atomic E-state index is 12.0. The molecule has 0 unspecified atom stereocenters. The lowest BCUT2D eigenvalue weighted by molar-refractivity contribution is -0.146. The summed E-state index contributed by atoms with van der Waals surface area (Å²) >= 11 is 1.33. The van der Waals surface area contributed by atoms with Crippen LogP contribution in [0.2, 0.25) is 0 Å². The SMILES string of the molecule is CC1CCC(NC(=O)c2cccs2)(C(=O)O)CC1. The minimum atomic E-state index is -1.08. The number of aliphatic carboxylic acids is 1. The Balaban J connectivity index is 2.12. The molecule has 0 spiro atoms. The largest absolute Gasteiger partial charge is 0.480 e. The van der Waals surface area contributed by atoms with Crippen molar-refractivity contribution in [3.63, 3.8) is 0 Å². The third kappa shape index (κ3) is 2.56. The molecule has 1 aromatic rings. The first-order valence-electron chi connectivity index (χ1n) is 6.13. The van der Waals surface area contributed by atoms with Crippen LogP contribution < -0.4 is 5.32 Å². The van der Waals surface area contributed by atoms with E-state index < -0.39 is 11.5 Å². The molecular weight excluding hydrogens is 250 g/mol. The number of carbonyl (C=O) groups excluding carboxylic acids is 1. The molecule has 0 aliphatic heterocycles. The molecule has 5 heteroatoms. The van der Waals surface area contributed by atoms with E-state index in [1.807, 2.05) is 5.38 Å².